The Morgan fingerprint density at radius 2 is 1.87 bits per heavy atom. The number of alkyl halides is 3. The number of hydrazone groups is 1. The molecule has 8 heteroatoms. The largest absolute Gasteiger partial charge is 0.439 e. The summed E-state index contributed by atoms with van der Waals surface area (Å²) in [6.45, 7) is 6.09. The Morgan fingerprint density at radius 3 is 2.37 bits per heavy atom. The fraction of sp³-hybridized carbons (Fsp3) is 0.636. The number of halogens is 3. The number of fused-ring (bicyclic) bond motifs is 1. The smallest absolute Gasteiger partial charge is 0.378 e. The topological polar surface area (TPSA) is 56.1 Å². The van der Waals surface area contributed by atoms with Crippen molar-refractivity contribution in [3.05, 3.63) is 29.8 Å². The van der Waals surface area contributed by atoms with Gasteiger partial charge in [-0.1, -0.05) is 27.2 Å². The van der Waals surface area contributed by atoms with Crippen molar-refractivity contribution < 1.29 is 23.1 Å². The first-order valence-electron chi connectivity index (χ1n) is 10.3. The maximum atomic E-state index is 14.2. The highest BCUT2D eigenvalue weighted by atomic mass is 19.4. The van der Waals surface area contributed by atoms with Crippen LogP contribution < -0.4 is 4.90 Å². The van der Waals surface area contributed by atoms with Crippen molar-refractivity contribution in [2.45, 2.75) is 58.4 Å². The predicted octanol–water partition coefficient (Wildman–Crippen LogP) is 4.67. The van der Waals surface area contributed by atoms with E-state index in [-0.39, 0.29) is 34.0 Å². The molecule has 0 bridgehead atoms. The molecule has 1 aromatic carbocycles. The van der Waals surface area contributed by atoms with Crippen LogP contribution in [0.25, 0.3) is 0 Å². The average Bonchev–Trinajstić information content (AvgIpc) is 3.01. The molecule has 1 aliphatic carbocycles. The third-order valence-corrected chi connectivity index (χ3v) is 6.97. The van der Waals surface area contributed by atoms with Gasteiger partial charge in [-0.05, 0) is 54.9 Å². The Labute approximate surface area is 175 Å². The molecule has 3 atom stereocenters. The Bertz CT molecular complexity index is 833. The lowest BCUT2D eigenvalue weighted by Gasteiger charge is -2.43. The van der Waals surface area contributed by atoms with E-state index >= 15 is 0 Å². The van der Waals surface area contributed by atoms with Crippen LogP contribution in [0.4, 0.5) is 18.9 Å². The number of nitrogens with zero attached hydrogens (tertiary/aromatic N) is 3. The van der Waals surface area contributed by atoms with Gasteiger partial charge in [0.15, 0.2) is 0 Å². The molecular weight excluding hydrogens is 395 g/mol. The molecule has 30 heavy (non-hydrogen) atoms. The molecule has 5 nitrogen and oxygen atoms in total. The summed E-state index contributed by atoms with van der Waals surface area (Å²) in [6.07, 6.45) is -3.01. The number of carbonyl (C=O) groups is 1. The third kappa shape index (κ3) is 3.59. The van der Waals surface area contributed by atoms with E-state index in [4.69, 9.17) is 0 Å². The summed E-state index contributed by atoms with van der Waals surface area (Å²) in [6, 6.07) is 6.21. The summed E-state index contributed by atoms with van der Waals surface area (Å²) >= 11 is 0. The van der Waals surface area contributed by atoms with E-state index in [9.17, 15) is 23.1 Å². The lowest BCUT2D eigenvalue weighted by atomic mass is 9.64. The number of hydrogen-bond donors (Lipinski definition) is 1. The second-order valence-corrected chi connectivity index (χ2v) is 9.24. The van der Waals surface area contributed by atoms with Crippen LogP contribution in [0.2, 0.25) is 0 Å². The molecule has 1 N–H and O–H groups in total. The monoisotopic (exact) mass is 425 g/mol. The maximum absolute atomic E-state index is 14.2. The average molecular weight is 425 g/mol. The van der Waals surface area contributed by atoms with Crippen LogP contribution in [0.15, 0.2) is 29.4 Å². The first-order valence-corrected chi connectivity index (χ1v) is 10.3. The Kier molecular flexibility index (Phi) is 5.69. The summed E-state index contributed by atoms with van der Waals surface area (Å²) in [7, 11) is 3.65. The van der Waals surface area contributed by atoms with Gasteiger partial charge in [-0.3, -0.25) is 4.79 Å². The highest BCUT2D eigenvalue weighted by Gasteiger charge is 2.69. The minimum atomic E-state index is -5.03. The molecule has 0 unspecified atom stereocenters. The van der Waals surface area contributed by atoms with Crippen molar-refractivity contribution in [1.82, 2.24) is 5.01 Å². The van der Waals surface area contributed by atoms with E-state index < -0.39 is 23.7 Å². The lowest BCUT2D eigenvalue weighted by Crippen LogP contribution is -2.62. The van der Waals surface area contributed by atoms with Gasteiger partial charge in [0.05, 0.1) is 5.92 Å². The number of carbonyl (C=O) groups excluding carboxylic acids is 1. The lowest BCUT2D eigenvalue weighted by molar-refractivity contribution is -0.314. The Hall–Kier alpha value is -2.09. The second-order valence-electron chi connectivity index (χ2n) is 9.24. The molecule has 3 rings (SSSR count). The van der Waals surface area contributed by atoms with Gasteiger partial charge in [-0.25, -0.2) is 0 Å². The van der Waals surface area contributed by atoms with Crippen molar-refractivity contribution in [2.24, 2.45) is 22.4 Å². The fourth-order valence-electron chi connectivity index (χ4n) is 4.44. The van der Waals surface area contributed by atoms with Crippen LogP contribution in [-0.4, -0.2) is 47.7 Å². The van der Waals surface area contributed by atoms with Crippen molar-refractivity contribution in [3.8, 4) is 0 Å². The Balaban J connectivity index is 1.97. The summed E-state index contributed by atoms with van der Waals surface area (Å²) in [5.41, 5.74) is -2.36. The number of amides is 1. The van der Waals surface area contributed by atoms with Gasteiger partial charge in [0.1, 0.15) is 0 Å². The molecule has 0 radical (unpaired) electrons. The molecule has 1 amide bonds. The van der Waals surface area contributed by atoms with Gasteiger partial charge in [0.2, 0.25) is 0 Å². The van der Waals surface area contributed by atoms with Crippen molar-refractivity contribution >= 4 is 17.3 Å². The SMILES string of the molecule is CCC(C)(C)[C@@H]1CCC2=NN(C(=O)c3ccc(N(C)C)cc3)[C@](O)(C(F)(F)F)[C@H]2C1. The summed E-state index contributed by atoms with van der Waals surface area (Å²) < 4.78 is 42.6. The van der Waals surface area contributed by atoms with Crippen molar-refractivity contribution in [2.75, 3.05) is 19.0 Å². The molecule has 166 valence electrons. The van der Waals surface area contributed by atoms with Crippen LogP contribution in [-0.2, 0) is 0 Å². The van der Waals surface area contributed by atoms with Crippen LogP contribution >= 0.6 is 0 Å². The van der Waals surface area contributed by atoms with Gasteiger partial charge in [0, 0.05) is 31.1 Å². The molecule has 1 aromatic rings. The minimum absolute atomic E-state index is 0.00903. The summed E-state index contributed by atoms with van der Waals surface area (Å²) in [5, 5.41) is 15.3. The van der Waals surface area contributed by atoms with Crippen LogP contribution in [0.3, 0.4) is 0 Å². The van der Waals surface area contributed by atoms with Gasteiger partial charge in [-0.2, -0.15) is 23.3 Å². The number of aliphatic hydroxyl groups is 1. The zero-order chi connectivity index (χ0) is 22.5. The highest BCUT2D eigenvalue weighted by molar-refractivity contribution is 5.99. The molecule has 1 heterocycles. The fourth-order valence-corrected chi connectivity index (χ4v) is 4.44. The molecule has 0 saturated heterocycles. The second kappa shape index (κ2) is 7.55. The third-order valence-electron chi connectivity index (χ3n) is 6.97. The van der Waals surface area contributed by atoms with E-state index in [1.807, 2.05) is 39.8 Å². The normalized spacial score (nSPS) is 27.0. The van der Waals surface area contributed by atoms with E-state index in [2.05, 4.69) is 5.10 Å². The molecule has 0 aromatic heterocycles. The minimum Gasteiger partial charge on any atom is -0.378 e. The quantitative estimate of drug-likeness (QED) is 0.763. The molecule has 1 aliphatic heterocycles. The number of benzene rings is 1. The first-order chi connectivity index (χ1) is 13.8. The summed E-state index contributed by atoms with van der Waals surface area (Å²) in [4.78, 5) is 14.8. The zero-order valence-corrected chi connectivity index (χ0v) is 18.1. The highest BCUT2D eigenvalue weighted by Crippen LogP contribution is 2.52. The van der Waals surface area contributed by atoms with Gasteiger partial charge in [0.25, 0.3) is 11.6 Å². The predicted molar refractivity (Wildman–Crippen MR) is 110 cm³/mol. The molecular formula is C22H30F3N3O2. The van der Waals surface area contributed by atoms with Gasteiger partial charge >= 0.3 is 6.18 Å². The molecule has 1 saturated carbocycles. The van der Waals surface area contributed by atoms with Crippen molar-refractivity contribution in [3.63, 3.8) is 0 Å². The first kappa shape index (κ1) is 22.6. The van der Waals surface area contributed by atoms with E-state index in [0.29, 0.717) is 12.8 Å². The number of hydrogen-bond acceptors (Lipinski definition) is 4. The molecule has 2 aliphatic rings. The standard InChI is InChI=1S/C22H30F3N3O2/c1-6-20(2,3)15-9-12-18-17(13-15)21(30,22(23,24)25)28(26-18)19(29)14-7-10-16(11-8-14)27(4)5/h7-8,10-11,15,17,30H,6,9,12-13H2,1-5H3/t15-,17+,21-/m1/s1. The van der Waals surface area contributed by atoms with E-state index in [1.54, 1.807) is 12.1 Å². The van der Waals surface area contributed by atoms with Crippen LogP contribution in [0.5, 0.6) is 0 Å². The molecule has 1 fully saturated rings. The number of rotatable bonds is 4. The zero-order valence-electron chi connectivity index (χ0n) is 18.1. The summed E-state index contributed by atoms with van der Waals surface area (Å²) in [5.74, 6) is -2.19. The van der Waals surface area contributed by atoms with Crippen molar-refractivity contribution in [1.29, 1.82) is 0 Å². The van der Waals surface area contributed by atoms with Gasteiger partial charge < -0.3 is 10.0 Å². The van der Waals surface area contributed by atoms with E-state index in [1.165, 1.54) is 12.1 Å². The maximum Gasteiger partial charge on any atom is 0.439 e. The number of anilines is 1. The Morgan fingerprint density at radius 1 is 1.27 bits per heavy atom. The van der Waals surface area contributed by atoms with Crippen LogP contribution in [0, 0.1) is 17.3 Å². The van der Waals surface area contributed by atoms with Gasteiger partial charge in [-0.15, -0.1) is 0 Å². The van der Waals surface area contributed by atoms with Crippen LogP contribution in [0.1, 0.15) is 56.8 Å². The molecule has 0 spiro atoms. The van der Waals surface area contributed by atoms with E-state index in [0.717, 1.165) is 12.1 Å².